The van der Waals surface area contributed by atoms with Crippen molar-refractivity contribution in [2.24, 2.45) is 11.7 Å². The minimum absolute atomic E-state index is 0.0567. The van der Waals surface area contributed by atoms with Crippen LogP contribution in [-0.2, 0) is 9.59 Å². The summed E-state index contributed by atoms with van der Waals surface area (Å²) in [6.07, 6.45) is 0.846. The van der Waals surface area contributed by atoms with Gasteiger partial charge in [0.05, 0.1) is 12.6 Å². The fraction of sp³-hybridized carbons (Fsp3) is 0.833. The maximum absolute atomic E-state index is 11.9. The summed E-state index contributed by atoms with van der Waals surface area (Å²) in [7, 11) is 1.60. The van der Waals surface area contributed by atoms with E-state index in [1.807, 2.05) is 27.7 Å². The summed E-state index contributed by atoms with van der Waals surface area (Å²) in [5.74, 6) is -0.219. The van der Waals surface area contributed by atoms with Crippen LogP contribution in [0.3, 0.4) is 0 Å². The van der Waals surface area contributed by atoms with Gasteiger partial charge in [0.1, 0.15) is 0 Å². The van der Waals surface area contributed by atoms with Crippen LogP contribution in [0.2, 0.25) is 0 Å². The molecule has 0 fully saturated rings. The number of hydrogen-bond acceptors (Lipinski definition) is 3. The fourth-order valence-electron chi connectivity index (χ4n) is 1.41. The number of nitrogens with one attached hydrogen (secondary N) is 1. The predicted molar refractivity (Wildman–Crippen MR) is 68.3 cm³/mol. The van der Waals surface area contributed by atoms with Crippen LogP contribution < -0.4 is 11.1 Å². The second kappa shape index (κ2) is 7.27. The average Bonchev–Trinajstić information content (AvgIpc) is 2.24. The van der Waals surface area contributed by atoms with Gasteiger partial charge in [0.25, 0.3) is 0 Å². The molecule has 0 aliphatic carbocycles. The van der Waals surface area contributed by atoms with Gasteiger partial charge >= 0.3 is 0 Å². The standard InChI is InChI=1S/C12H25N3O2/c1-6-9(4)11(13)12(17)15(5)7-10(16)14-8(2)3/h8-9,11H,6-7,13H2,1-5H3,(H,14,16). The summed E-state index contributed by atoms with van der Waals surface area (Å²) in [4.78, 5) is 24.8. The van der Waals surface area contributed by atoms with E-state index in [0.717, 1.165) is 6.42 Å². The first kappa shape index (κ1) is 15.9. The molecule has 0 saturated heterocycles. The van der Waals surface area contributed by atoms with Crippen molar-refractivity contribution in [1.82, 2.24) is 10.2 Å². The van der Waals surface area contributed by atoms with Crippen molar-refractivity contribution in [3.8, 4) is 0 Å². The zero-order chi connectivity index (χ0) is 13.6. The molecule has 5 heteroatoms. The highest BCUT2D eigenvalue weighted by atomic mass is 16.2. The lowest BCUT2D eigenvalue weighted by molar-refractivity contribution is -0.136. The quantitative estimate of drug-likeness (QED) is 0.706. The Morgan fingerprint density at radius 3 is 2.24 bits per heavy atom. The fourth-order valence-corrected chi connectivity index (χ4v) is 1.41. The molecule has 0 heterocycles. The third kappa shape index (κ3) is 5.68. The van der Waals surface area contributed by atoms with E-state index < -0.39 is 6.04 Å². The average molecular weight is 243 g/mol. The molecule has 0 aliphatic rings. The highest BCUT2D eigenvalue weighted by Crippen LogP contribution is 2.07. The van der Waals surface area contributed by atoms with Gasteiger partial charge in [0.2, 0.25) is 11.8 Å². The van der Waals surface area contributed by atoms with Gasteiger partial charge in [-0.2, -0.15) is 0 Å². The Morgan fingerprint density at radius 2 is 1.82 bits per heavy atom. The van der Waals surface area contributed by atoms with Crippen LogP contribution in [0.5, 0.6) is 0 Å². The Bertz CT molecular complexity index is 266. The van der Waals surface area contributed by atoms with E-state index in [1.54, 1.807) is 7.05 Å². The summed E-state index contributed by atoms with van der Waals surface area (Å²) in [5, 5.41) is 2.74. The van der Waals surface area contributed by atoms with Crippen molar-refractivity contribution < 1.29 is 9.59 Å². The van der Waals surface area contributed by atoms with Crippen molar-refractivity contribution in [3.05, 3.63) is 0 Å². The smallest absolute Gasteiger partial charge is 0.239 e. The monoisotopic (exact) mass is 243 g/mol. The number of rotatable bonds is 6. The zero-order valence-electron chi connectivity index (χ0n) is 11.5. The zero-order valence-corrected chi connectivity index (χ0v) is 11.5. The first-order valence-corrected chi connectivity index (χ1v) is 6.09. The van der Waals surface area contributed by atoms with Gasteiger partial charge in [0, 0.05) is 13.1 Å². The number of hydrogen-bond donors (Lipinski definition) is 2. The molecule has 100 valence electrons. The molecule has 2 atom stereocenters. The third-order valence-electron chi connectivity index (χ3n) is 2.75. The number of amides is 2. The Morgan fingerprint density at radius 1 is 1.29 bits per heavy atom. The van der Waals surface area contributed by atoms with Crippen LogP contribution in [-0.4, -0.2) is 42.4 Å². The topological polar surface area (TPSA) is 75.4 Å². The summed E-state index contributed by atoms with van der Waals surface area (Å²) in [6, 6.07) is -0.453. The van der Waals surface area contributed by atoms with Crippen LogP contribution in [0.4, 0.5) is 0 Å². The van der Waals surface area contributed by atoms with Gasteiger partial charge in [-0.25, -0.2) is 0 Å². The number of nitrogens with two attached hydrogens (primary N) is 1. The van der Waals surface area contributed by atoms with Crippen molar-refractivity contribution >= 4 is 11.8 Å². The number of carbonyl (C=O) groups is 2. The van der Waals surface area contributed by atoms with Gasteiger partial charge in [-0.05, 0) is 19.8 Å². The second-order valence-corrected chi connectivity index (χ2v) is 4.83. The number of nitrogens with zero attached hydrogens (tertiary/aromatic N) is 1. The van der Waals surface area contributed by atoms with E-state index in [0.29, 0.717) is 0 Å². The molecule has 0 aromatic rings. The molecule has 0 saturated carbocycles. The van der Waals surface area contributed by atoms with Crippen molar-refractivity contribution in [2.45, 2.75) is 46.2 Å². The predicted octanol–water partition coefficient (Wildman–Crippen LogP) is 0.343. The molecule has 5 nitrogen and oxygen atoms in total. The Labute approximate surface area is 104 Å². The summed E-state index contributed by atoms with van der Waals surface area (Å²) >= 11 is 0. The van der Waals surface area contributed by atoms with Crippen LogP contribution in [0.15, 0.2) is 0 Å². The highest BCUT2D eigenvalue weighted by molar-refractivity contribution is 5.87. The van der Waals surface area contributed by atoms with E-state index in [4.69, 9.17) is 5.73 Å². The van der Waals surface area contributed by atoms with E-state index in [9.17, 15) is 9.59 Å². The second-order valence-electron chi connectivity index (χ2n) is 4.83. The molecular weight excluding hydrogens is 218 g/mol. The molecule has 0 bridgehead atoms. The van der Waals surface area contributed by atoms with Crippen LogP contribution in [0.1, 0.15) is 34.1 Å². The van der Waals surface area contributed by atoms with Gasteiger partial charge in [-0.15, -0.1) is 0 Å². The lowest BCUT2D eigenvalue weighted by atomic mass is 9.99. The lowest BCUT2D eigenvalue weighted by Gasteiger charge is -2.24. The van der Waals surface area contributed by atoms with Crippen molar-refractivity contribution in [3.63, 3.8) is 0 Å². The number of likely N-dealkylation sites (N-methyl/N-ethyl adjacent to an activating group) is 1. The van der Waals surface area contributed by atoms with Crippen LogP contribution in [0.25, 0.3) is 0 Å². The SMILES string of the molecule is CCC(C)C(N)C(=O)N(C)CC(=O)NC(C)C. The first-order valence-electron chi connectivity index (χ1n) is 6.09. The van der Waals surface area contributed by atoms with Crippen LogP contribution in [0, 0.1) is 5.92 Å². The molecule has 0 aliphatic heterocycles. The minimum Gasteiger partial charge on any atom is -0.352 e. The maximum atomic E-state index is 11.9. The first-order chi connectivity index (χ1) is 7.79. The maximum Gasteiger partial charge on any atom is 0.239 e. The largest absolute Gasteiger partial charge is 0.352 e. The summed E-state index contributed by atoms with van der Waals surface area (Å²) in [5.41, 5.74) is 5.83. The number of carbonyl (C=O) groups excluding carboxylic acids is 2. The molecule has 0 aromatic carbocycles. The molecule has 0 rings (SSSR count). The summed E-state index contributed by atoms with van der Waals surface area (Å²) in [6.45, 7) is 7.74. The van der Waals surface area contributed by atoms with E-state index in [2.05, 4.69) is 5.32 Å². The van der Waals surface area contributed by atoms with E-state index >= 15 is 0 Å². The van der Waals surface area contributed by atoms with Gasteiger partial charge in [-0.3, -0.25) is 9.59 Å². The van der Waals surface area contributed by atoms with E-state index in [1.165, 1.54) is 4.90 Å². The Balaban J connectivity index is 4.27. The molecule has 0 radical (unpaired) electrons. The normalized spacial score (nSPS) is 14.3. The molecular formula is C12H25N3O2. The van der Waals surface area contributed by atoms with Gasteiger partial charge in [0.15, 0.2) is 0 Å². The Hall–Kier alpha value is -1.10. The third-order valence-corrected chi connectivity index (χ3v) is 2.75. The molecule has 0 aromatic heterocycles. The lowest BCUT2D eigenvalue weighted by Crippen LogP contribution is -2.49. The highest BCUT2D eigenvalue weighted by Gasteiger charge is 2.23. The molecule has 3 N–H and O–H groups in total. The van der Waals surface area contributed by atoms with Crippen molar-refractivity contribution in [2.75, 3.05) is 13.6 Å². The molecule has 0 spiro atoms. The minimum atomic E-state index is -0.531. The molecule has 17 heavy (non-hydrogen) atoms. The van der Waals surface area contributed by atoms with Crippen LogP contribution >= 0.6 is 0 Å². The van der Waals surface area contributed by atoms with Gasteiger partial charge in [-0.1, -0.05) is 20.3 Å². The Kier molecular flexibility index (Phi) is 6.80. The molecule has 2 unspecified atom stereocenters. The van der Waals surface area contributed by atoms with Crippen molar-refractivity contribution in [1.29, 1.82) is 0 Å². The summed E-state index contributed by atoms with van der Waals surface area (Å²) < 4.78 is 0. The van der Waals surface area contributed by atoms with E-state index in [-0.39, 0.29) is 30.3 Å². The molecule has 2 amide bonds. The van der Waals surface area contributed by atoms with Gasteiger partial charge < -0.3 is 16.0 Å².